The number of fused-ring (bicyclic) bond motifs is 5. The van der Waals surface area contributed by atoms with Gasteiger partial charge in [0.15, 0.2) is 29.1 Å². The predicted molar refractivity (Wildman–Crippen MR) is 417 cm³/mol. The second kappa shape index (κ2) is 53.6. The number of Topliss-reactive ketones (excluding diaryl/α,β-unsaturated/α-hetero) is 4. The van der Waals surface area contributed by atoms with Gasteiger partial charge in [-0.05, 0) is 123 Å². The molecule has 7 amide bonds. The van der Waals surface area contributed by atoms with Crippen molar-refractivity contribution in [3.63, 3.8) is 0 Å². The van der Waals surface area contributed by atoms with Crippen LogP contribution in [-0.2, 0) is 78.2 Å². The number of carbonyl (C=O) groups is 12. The molecular formula is C74H121N13O18S3. The van der Waals surface area contributed by atoms with Crippen molar-refractivity contribution in [3.05, 3.63) is 35.9 Å². The molecule has 2 aliphatic heterocycles. The van der Waals surface area contributed by atoms with Gasteiger partial charge in [0, 0.05) is 106 Å². The normalized spacial score (nSPS) is 20.9. The summed E-state index contributed by atoms with van der Waals surface area (Å²) in [7, 11) is 2.03. The third-order valence-corrected chi connectivity index (χ3v) is 22.5. The van der Waals surface area contributed by atoms with Gasteiger partial charge in [-0.1, -0.05) is 95.8 Å². The second-order valence-corrected chi connectivity index (χ2v) is 32.2. The van der Waals surface area contributed by atoms with Gasteiger partial charge in [0.2, 0.25) is 41.4 Å². The Labute approximate surface area is 647 Å². The molecule has 2 aliphatic rings. The van der Waals surface area contributed by atoms with Gasteiger partial charge in [0.05, 0.1) is 86.2 Å². The molecule has 34 heteroatoms. The number of carboxylic acids is 1. The number of aliphatic carboxylic acids is 1. The summed E-state index contributed by atoms with van der Waals surface area (Å²) in [4.78, 5) is 168. The maximum Gasteiger partial charge on any atom is 0.304 e. The molecule has 1 aromatic rings. The minimum atomic E-state index is -1.52. The standard InChI is InChI=1S/C74H121N13O18S3/c1-8-33-103-35-37-105-38-36-104-34-17-23-61(89)58-45-106-48-66(94)82-57(22-12-13-29-77-64(92)24-14-25-65(93)78-31-26-51(20-15-28-73(4,5)49(2)86-101)27-32-81-74(6,7)50(3)87-102)71(100)85-60-47-108-107-46-59(63(91)42-54(69(98)83-58)39-52-18-10-9-11-19-52)84-70(99)55(43-67(95)96)40-56(88)44-80-68(97)53(41-62(60)90)21-16-30-79-72(75)76/h9-11,18-19,51,53-55,57-60,81,101-102H,8,12-17,20-48H2,1-7H3,(H,77,92)(H,78,93)(H,80,97)(H,82,94)(H,83,98)(H,84,99)(H,85,100)(H,95,96)(H4,75,76,79)/b86-49-,87-50-/t51?,53-,54-,55+,57+,58+,59+,60+/m1/s1. The Hall–Kier alpha value is -7.24. The Bertz CT molecular complexity index is 3060. The van der Waals surface area contributed by atoms with Gasteiger partial charge in [0.25, 0.3) is 0 Å². The van der Waals surface area contributed by atoms with Crippen molar-refractivity contribution in [1.82, 2.24) is 47.9 Å². The highest BCUT2D eigenvalue weighted by Crippen LogP contribution is 2.30. The van der Waals surface area contributed by atoms with E-state index < -0.39 is 138 Å². The average Bonchev–Trinajstić information content (AvgIpc) is 1.24. The van der Waals surface area contributed by atoms with E-state index in [2.05, 4.69) is 58.2 Å². The molecule has 608 valence electrons. The zero-order chi connectivity index (χ0) is 79.9. The van der Waals surface area contributed by atoms with Crippen molar-refractivity contribution in [3.8, 4) is 0 Å². The van der Waals surface area contributed by atoms with E-state index in [4.69, 9.17) is 25.4 Å². The monoisotopic (exact) mass is 1580 g/mol. The quantitative estimate of drug-likeness (QED) is 0.0103. The average molecular weight is 1580 g/mol. The Balaban J connectivity index is 1.93. The number of thioether (sulfide) groups is 1. The first-order valence-electron chi connectivity index (χ1n) is 37.6. The molecule has 2 fully saturated rings. The SMILES string of the molecule is CCCOCCOCCOCCCC(=O)[C@@H]1CSCC(=O)N[C@@H](CCCCNC(=O)CCCC(=O)NCCC(CCCC(C)(C)/C(C)=N\O)CCNC(C)(C)/C(C)=N\O)C(=O)N[C@H]2CSSC[C@H](NC(=O)[C@H](CC(=O)O)CC(=O)CNC(=O)[C@H](CCCNC(=N)N)CC2=O)C(=O)C[C@@H](Cc2ccccc2)C(=O)N1. The summed E-state index contributed by atoms with van der Waals surface area (Å²) in [6.45, 7) is 16.3. The molecule has 0 aromatic heterocycles. The molecule has 2 saturated heterocycles. The maximum absolute atomic E-state index is 14.9. The van der Waals surface area contributed by atoms with Gasteiger partial charge in [-0.25, -0.2) is 0 Å². The Morgan fingerprint density at radius 1 is 0.630 bits per heavy atom. The number of ether oxygens (including phenoxy) is 3. The summed E-state index contributed by atoms with van der Waals surface area (Å²) >= 11 is 0.991. The molecular weight excluding hydrogens is 1460 g/mol. The van der Waals surface area contributed by atoms with Crippen LogP contribution in [0.5, 0.6) is 0 Å². The molecule has 0 aliphatic carbocycles. The molecule has 0 spiro atoms. The number of nitrogens with one attached hydrogen (secondary N) is 10. The lowest BCUT2D eigenvalue weighted by molar-refractivity contribution is -0.142. The van der Waals surface area contributed by atoms with Crippen molar-refractivity contribution in [2.45, 2.75) is 213 Å². The zero-order valence-electron chi connectivity index (χ0n) is 64.1. The molecule has 108 heavy (non-hydrogen) atoms. The first-order chi connectivity index (χ1) is 51.5. The molecule has 0 saturated carbocycles. The number of hydrogen-bond donors (Lipinski definition) is 14. The van der Waals surface area contributed by atoms with Gasteiger partial charge < -0.3 is 83.3 Å². The van der Waals surface area contributed by atoms with Crippen LogP contribution >= 0.6 is 33.3 Å². The smallest absolute Gasteiger partial charge is 0.304 e. The third kappa shape index (κ3) is 40.4. The molecule has 2 bridgehead atoms. The van der Waals surface area contributed by atoms with E-state index in [1.807, 2.05) is 34.6 Å². The maximum atomic E-state index is 14.9. The second-order valence-electron chi connectivity index (χ2n) is 28.6. The van der Waals surface area contributed by atoms with Crippen LogP contribution in [0.2, 0.25) is 0 Å². The van der Waals surface area contributed by atoms with E-state index in [9.17, 15) is 73.1 Å². The van der Waals surface area contributed by atoms with Crippen LogP contribution in [-0.4, -0.2) is 228 Å². The van der Waals surface area contributed by atoms with E-state index in [0.29, 0.717) is 69.3 Å². The van der Waals surface area contributed by atoms with E-state index in [0.717, 1.165) is 65.5 Å². The molecule has 1 unspecified atom stereocenters. The van der Waals surface area contributed by atoms with Gasteiger partial charge in [-0.15, -0.1) is 11.8 Å². The number of benzene rings is 1. The summed E-state index contributed by atoms with van der Waals surface area (Å²) < 4.78 is 16.7. The Morgan fingerprint density at radius 3 is 1.85 bits per heavy atom. The molecule has 15 N–H and O–H groups in total. The minimum Gasteiger partial charge on any atom is -0.481 e. The molecule has 0 radical (unpaired) electrons. The molecule has 1 aromatic carbocycles. The van der Waals surface area contributed by atoms with Crippen molar-refractivity contribution in [2.75, 3.05) is 95.4 Å². The highest BCUT2D eigenvalue weighted by molar-refractivity contribution is 8.76. The van der Waals surface area contributed by atoms with E-state index >= 15 is 0 Å². The number of hydrogen-bond acceptors (Lipinski definition) is 24. The molecule has 31 nitrogen and oxygen atoms in total. The van der Waals surface area contributed by atoms with Crippen LogP contribution in [0.1, 0.15) is 182 Å². The number of guanidine groups is 1. The van der Waals surface area contributed by atoms with Gasteiger partial charge in [-0.3, -0.25) is 62.9 Å². The summed E-state index contributed by atoms with van der Waals surface area (Å²) in [6.07, 6.45) is 3.78. The highest BCUT2D eigenvalue weighted by atomic mass is 33.1. The van der Waals surface area contributed by atoms with Gasteiger partial charge in [-0.2, -0.15) is 0 Å². The molecule has 3 rings (SSSR count). The van der Waals surface area contributed by atoms with Crippen molar-refractivity contribution >= 4 is 121 Å². The Kier molecular flexibility index (Phi) is 47.1. The first-order valence-corrected chi connectivity index (χ1v) is 41.3. The molecule has 2 heterocycles. The van der Waals surface area contributed by atoms with Gasteiger partial charge >= 0.3 is 5.97 Å². The van der Waals surface area contributed by atoms with Crippen molar-refractivity contribution in [2.24, 2.45) is 45.1 Å². The number of amides is 7. The summed E-state index contributed by atoms with van der Waals surface area (Å²) in [6, 6.07) is 3.45. The fourth-order valence-electron chi connectivity index (χ4n) is 11.8. The van der Waals surface area contributed by atoms with Crippen molar-refractivity contribution in [1.29, 1.82) is 5.41 Å². The number of oxime groups is 2. The zero-order valence-corrected chi connectivity index (χ0v) is 66.6. The van der Waals surface area contributed by atoms with Crippen LogP contribution in [0, 0.1) is 34.5 Å². The highest BCUT2D eigenvalue weighted by Gasteiger charge is 2.36. The number of nitrogens with two attached hydrogens (primary N) is 1. The first kappa shape index (κ1) is 95.0. The van der Waals surface area contributed by atoms with Crippen LogP contribution in [0.4, 0.5) is 0 Å². The van der Waals surface area contributed by atoms with E-state index in [1.165, 1.54) is 0 Å². The fraction of sp³-hybridized carbons (Fsp3) is 0.716. The number of nitrogens with zero attached hydrogens (tertiary/aromatic N) is 2. The number of ketones is 4. The predicted octanol–water partition coefficient (Wildman–Crippen LogP) is 4.93. The summed E-state index contributed by atoms with van der Waals surface area (Å²) in [5.41, 5.74) is 6.52. The van der Waals surface area contributed by atoms with Crippen molar-refractivity contribution < 1.29 is 87.3 Å². The lowest BCUT2D eigenvalue weighted by Gasteiger charge is -2.28. The minimum absolute atomic E-state index is 0.0105. The van der Waals surface area contributed by atoms with Crippen LogP contribution in [0.15, 0.2) is 40.6 Å². The topological polar surface area (TPSA) is 476 Å². The Morgan fingerprint density at radius 2 is 1.22 bits per heavy atom. The lowest BCUT2D eigenvalue weighted by atomic mass is 9.81. The van der Waals surface area contributed by atoms with Crippen LogP contribution < -0.4 is 53.6 Å². The number of carbonyl (C=O) groups excluding carboxylic acids is 11. The van der Waals surface area contributed by atoms with Crippen LogP contribution in [0.3, 0.4) is 0 Å². The number of rotatable bonds is 43. The van der Waals surface area contributed by atoms with E-state index in [-0.39, 0.29) is 143 Å². The largest absolute Gasteiger partial charge is 0.481 e. The van der Waals surface area contributed by atoms with Crippen LogP contribution in [0.25, 0.3) is 0 Å². The fourth-order valence-corrected chi connectivity index (χ4v) is 15.1. The number of carboxylic acid groups (broad SMARTS) is 1. The molecule has 8 atom stereocenters. The summed E-state index contributed by atoms with van der Waals surface area (Å²) in [5, 5.41) is 68.7. The lowest BCUT2D eigenvalue weighted by Crippen LogP contribution is -2.53. The van der Waals surface area contributed by atoms with E-state index in [1.54, 1.807) is 44.2 Å². The number of unbranched alkanes of at least 4 members (excludes halogenated alkanes) is 1. The summed E-state index contributed by atoms with van der Waals surface area (Å²) in [5.74, 6) is -13.1. The van der Waals surface area contributed by atoms with Gasteiger partial charge in [0.1, 0.15) is 6.04 Å². The third-order valence-electron chi connectivity index (χ3n) is 19.0.